The van der Waals surface area contributed by atoms with E-state index >= 15 is 0 Å². The third kappa shape index (κ3) is 2.85. The first-order valence-electron chi connectivity index (χ1n) is 7.49. The van der Waals surface area contributed by atoms with E-state index in [0.717, 1.165) is 5.69 Å². The minimum absolute atomic E-state index is 0.0561. The molecule has 0 saturated carbocycles. The predicted molar refractivity (Wildman–Crippen MR) is 95.7 cm³/mol. The Morgan fingerprint density at radius 3 is 2.92 bits per heavy atom. The Bertz CT molecular complexity index is 807. The zero-order chi connectivity index (χ0) is 17.4. The van der Waals surface area contributed by atoms with Gasteiger partial charge < -0.3 is 10.2 Å². The molecule has 1 unspecified atom stereocenters. The highest BCUT2D eigenvalue weighted by atomic mass is 35.5. The van der Waals surface area contributed by atoms with Gasteiger partial charge >= 0.3 is 0 Å². The topological polar surface area (TPSA) is 65.5 Å². The molecule has 1 aromatic carbocycles. The van der Waals surface area contributed by atoms with E-state index in [1.807, 2.05) is 12.3 Å². The van der Waals surface area contributed by atoms with Crippen molar-refractivity contribution in [3.8, 4) is 0 Å². The number of thiazole rings is 1. The Morgan fingerprint density at radius 2 is 2.25 bits per heavy atom. The van der Waals surface area contributed by atoms with Crippen molar-refractivity contribution < 1.29 is 9.59 Å². The lowest BCUT2D eigenvalue weighted by Gasteiger charge is -2.34. The summed E-state index contributed by atoms with van der Waals surface area (Å²) in [7, 11) is 1.71. The average molecular weight is 365 g/mol. The lowest BCUT2D eigenvalue weighted by molar-refractivity contribution is -0.116. The average Bonchev–Trinajstić information content (AvgIpc) is 3.01. The summed E-state index contributed by atoms with van der Waals surface area (Å²) in [6.07, 6.45) is -0.387. The van der Waals surface area contributed by atoms with E-state index in [0.29, 0.717) is 28.0 Å². The van der Waals surface area contributed by atoms with Crippen LogP contribution in [0.2, 0.25) is 5.02 Å². The SMILES string of the molecule is CCN(C(C)=O)c1nc(C2Nc3ccc(Cl)cc3C(=O)N2C)cs1. The molecule has 1 atom stereocenters. The number of halogens is 1. The minimum Gasteiger partial charge on any atom is -0.359 e. The van der Waals surface area contributed by atoms with Crippen molar-refractivity contribution in [2.45, 2.75) is 20.0 Å². The van der Waals surface area contributed by atoms with Gasteiger partial charge in [0.15, 0.2) is 5.13 Å². The van der Waals surface area contributed by atoms with E-state index in [-0.39, 0.29) is 18.0 Å². The minimum atomic E-state index is -0.387. The van der Waals surface area contributed by atoms with Crippen LogP contribution >= 0.6 is 22.9 Å². The highest BCUT2D eigenvalue weighted by molar-refractivity contribution is 7.14. The number of nitrogens with zero attached hydrogens (tertiary/aromatic N) is 3. The van der Waals surface area contributed by atoms with E-state index in [9.17, 15) is 9.59 Å². The van der Waals surface area contributed by atoms with Crippen LogP contribution in [0.5, 0.6) is 0 Å². The smallest absolute Gasteiger partial charge is 0.257 e. The summed E-state index contributed by atoms with van der Waals surface area (Å²) in [4.78, 5) is 32.0. The van der Waals surface area contributed by atoms with Crippen LogP contribution in [0.3, 0.4) is 0 Å². The molecule has 6 nitrogen and oxygen atoms in total. The third-order valence-corrected chi connectivity index (χ3v) is 5.05. The molecule has 24 heavy (non-hydrogen) atoms. The van der Waals surface area contributed by atoms with Gasteiger partial charge in [0.25, 0.3) is 5.91 Å². The Balaban J connectivity index is 1.93. The molecule has 126 valence electrons. The summed E-state index contributed by atoms with van der Waals surface area (Å²) in [5.41, 5.74) is 1.96. The second-order valence-corrected chi connectivity index (χ2v) is 6.74. The maximum atomic E-state index is 12.6. The number of anilines is 2. The highest BCUT2D eigenvalue weighted by Crippen LogP contribution is 2.35. The van der Waals surface area contributed by atoms with Gasteiger partial charge in [-0.2, -0.15) is 0 Å². The molecule has 1 N–H and O–H groups in total. The summed E-state index contributed by atoms with van der Waals surface area (Å²) in [6, 6.07) is 5.18. The summed E-state index contributed by atoms with van der Waals surface area (Å²) in [6.45, 7) is 3.96. The number of fused-ring (bicyclic) bond motifs is 1. The van der Waals surface area contributed by atoms with Crippen molar-refractivity contribution in [1.29, 1.82) is 0 Å². The van der Waals surface area contributed by atoms with E-state index in [2.05, 4.69) is 10.3 Å². The van der Waals surface area contributed by atoms with Gasteiger partial charge in [0.1, 0.15) is 6.17 Å². The third-order valence-electron chi connectivity index (χ3n) is 3.93. The van der Waals surface area contributed by atoms with Crippen molar-refractivity contribution in [2.75, 3.05) is 23.8 Å². The zero-order valence-electron chi connectivity index (χ0n) is 13.5. The van der Waals surface area contributed by atoms with Crippen LogP contribution in [0.25, 0.3) is 0 Å². The molecule has 8 heteroatoms. The maximum absolute atomic E-state index is 12.6. The van der Waals surface area contributed by atoms with Crippen LogP contribution < -0.4 is 10.2 Å². The van der Waals surface area contributed by atoms with Gasteiger partial charge in [-0.1, -0.05) is 11.6 Å². The van der Waals surface area contributed by atoms with Crippen LogP contribution in [0.1, 0.15) is 36.1 Å². The van der Waals surface area contributed by atoms with Gasteiger partial charge in [-0.25, -0.2) is 4.98 Å². The van der Waals surface area contributed by atoms with Crippen LogP contribution in [0.4, 0.5) is 10.8 Å². The molecule has 2 amide bonds. The first-order chi connectivity index (χ1) is 11.4. The summed E-state index contributed by atoms with van der Waals surface area (Å²) in [5.74, 6) is -0.177. The first-order valence-corrected chi connectivity index (χ1v) is 8.75. The number of benzene rings is 1. The Hall–Kier alpha value is -2.12. The van der Waals surface area contributed by atoms with Gasteiger partial charge in [-0.3, -0.25) is 14.5 Å². The second-order valence-electron chi connectivity index (χ2n) is 5.47. The highest BCUT2D eigenvalue weighted by Gasteiger charge is 2.32. The fourth-order valence-corrected chi connectivity index (χ4v) is 3.78. The molecule has 1 aliphatic rings. The lowest BCUT2D eigenvalue weighted by atomic mass is 10.1. The number of aromatic nitrogens is 1. The second kappa shape index (κ2) is 6.41. The monoisotopic (exact) mass is 364 g/mol. The molecule has 1 aromatic heterocycles. The molecule has 0 fully saturated rings. The van der Waals surface area contributed by atoms with E-state index in [1.165, 1.54) is 18.3 Å². The molecule has 0 bridgehead atoms. The largest absolute Gasteiger partial charge is 0.359 e. The number of amides is 2. The molecule has 1 aliphatic heterocycles. The molecule has 0 aliphatic carbocycles. The molecule has 2 aromatic rings. The van der Waals surface area contributed by atoms with E-state index < -0.39 is 0 Å². The molecule has 3 rings (SSSR count). The standard InChI is InChI=1S/C16H17ClN4O2S/c1-4-21(9(2)22)16-19-13(8-24-16)14-18-12-6-5-10(17)7-11(12)15(23)20(14)3/h5-8,14,18H,4H2,1-3H3. The first kappa shape index (κ1) is 16.7. The van der Waals surface area contributed by atoms with E-state index in [4.69, 9.17) is 11.6 Å². The zero-order valence-corrected chi connectivity index (χ0v) is 15.1. The summed E-state index contributed by atoms with van der Waals surface area (Å²) >= 11 is 7.37. The fourth-order valence-electron chi connectivity index (χ4n) is 2.66. The van der Waals surface area contributed by atoms with Gasteiger partial charge in [0.05, 0.1) is 11.3 Å². The number of carbonyl (C=O) groups excluding carboxylic acids is 2. The van der Waals surface area contributed by atoms with Crippen molar-refractivity contribution in [1.82, 2.24) is 9.88 Å². The summed E-state index contributed by atoms with van der Waals surface area (Å²) in [5, 5.41) is 6.32. The molecular formula is C16H17ClN4O2S. The Kier molecular flexibility index (Phi) is 4.47. The fraction of sp³-hybridized carbons (Fsp3) is 0.312. The van der Waals surface area contributed by atoms with Crippen LogP contribution in [-0.4, -0.2) is 35.3 Å². The van der Waals surface area contributed by atoms with E-state index in [1.54, 1.807) is 35.0 Å². The predicted octanol–water partition coefficient (Wildman–Crippen LogP) is 3.37. The summed E-state index contributed by atoms with van der Waals surface area (Å²) < 4.78 is 0. The number of hydrogen-bond donors (Lipinski definition) is 1. The molecule has 2 heterocycles. The lowest BCUT2D eigenvalue weighted by Crippen LogP contribution is -2.40. The molecular weight excluding hydrogens is 348 g/mol. The maximum Gasteiger partial charge on any atom is 0.257 e. The molecule has 0 saturated heterocycles. The number of hydrogen-bond acceptors (Lipinski definition) is 5. The van der Waals surface area contributed by atoms with Crippen molar-refractivity contribution in [3.63, 3.8) is 0 Å². The molecule has 0 spiro atoms. The van der Waals surface area contributed by atoms with Gasteiger partial charge in [0.2, 0.25) is 5.91 Å². The van der Waals surface area contributed by atoms with Gasteiger partial charge in [-0.15, -0.1) is 11.3 Å². The number of nitrogens with one attached hydrogen (secondary N) is 1. The Labute approximate surface area is 149 Å². The van der Waals surface area contributed by atoms with Crippen LogP contribution in [-0.2, 0) is 4.79 Å². The number of rotatable bonds is 3. The molecule has 0 radical (unpaired) electrons. The van der Waals surface area contributed by atoms with Gasteiger partial charge in [0, 0.05) is 36.6 Å². The number of carbonyl (C=O) groups is 2. The van der Waals surface area contributed by atoms with Crippen LogP contribution in [0, 0.1) is 0 Å². The normalized spacial score (nSPS) is 16.6. The Morgan fingerprint density at radius 1 is 1.50 bits per heavy atom. The quantitative estimate of drug-likeness (QED) is 0.906. The van der Waals surface area contributed by atoms with Crippen molar-refractivity contribution >= 4 is 45.6 Å². The van der Waals surface area contributed by atoms with Crippen molar-refractivity contribution in [2.24, 2.45) is 0 Å². The van der Waals surface area contributed by atoms with Crippen LogP contribution in [0.15, 0.2) is 23.6 Å². The van der Waals surface area contributed by atoms with Gasteiger partial charge in [-0.05, 0) is 25.1 Å². The van der Waals surface area contributed by atoms with Crippen molar-refractivity contribution in [3.05, 3.63) is 39.9 Å².